The summed E-state index contributed by atoms with van der Waals surface area (Å²) in [5, 5.41) is 0. The first-order valence-corrected chi connectivity index (χ1v) is 5.45. The number of hydrogen-bond acceptors (Lipinski definition) is 1. The highest BCUT2D eigenvalue weighted by Gasteiger charge is 2.11. The molecule has 0 spiro atoms. The van der Waals surface area contributed by atoms with Gasteiger partial charge in [-0.2, -0.15) is 0 Å². The minimum Gasteiger partial charge on any atom is -0.330 e. The van der Waals surface area contributed by atoms with Crippen molar-refractivity contribution in [3.8, 4) is 0 Å². The monoisotopic (exact) mass is 191 g/mol. The molecule has 0 bridgehead atoms. The molecular formula is C13H21N. The first kappa shape index (κ1) is 11.3. The summed E-state index contributed by atoms with van der Waals surface area (Å²) in [5.41, 5.74) is 8.52. The lowest BCUT2D eigenvalue weighted by molar-refractivity contribution is 0.673. The molecule has 1 rings (SSSR count). The molecule has 1 aromatic carbocycles. The molecule has 0 aliphatic rings. The van der Waals surface area contributed by atoms with Crippen LogP contribution in [0.2, 0.25) is 0 Å². The third-order valence-electron chi connectivity index (χ3n) is 2.75. The molecule has 14 heavy (non-hydrogen) atoms. The fraction of sp³-hybridized carbons (Fsp3) is 0.538. The molecule has 1 aromatic rings. The van der Waals surface area contributed by atoms with Crippen LogP contribution in [-0.4, -0.2) is 6.54 Å². The molecule has 0 aliphatic heterocycles. The normalized spacial score (nSPS) is 13.2. The molecule has 2 N–H and O–H groups in total. The van der Waals surface area contributed by atoms with Crippen molar-refractivity contribution >= 4 is 0 Å². The Labute approximate surface area is 87.3 Å². The summed E-state index contributed by atoms with van der Waals surface area (Å²) in [6.07, 6.45) is 1.07. The summed E-state index contributed by atoms with van der Waals surface area (Å²) in [7, 11) is 0. The van der Waals surface area contributed by atoms with Crippen molar-refractivity contribution in [2.24, 2.45) is 5.73 Å². The maximum Gasteiger partial charge on any atom is -0.00715 e. The van der Waals surface area contributed by atoms with Crippen molar-refractivity contribution in [3.63, 3.8) is 0 Å². The minimum absolute atomic E-state index is 0.582. The maximum atomic E-state index is 5.59. The van der Waals surface area contributed by atoms with E-state index in [-0.39, 0.29) is 0 Å². The summed E-state index contributed by atoms with van der Waals surface area (Å²) in [6, 6.07) is 8.70. The molecule has 0 aliphatic carbocycles. The third-order valence-corrected chi connectivity index (χ3v) is 2.75. The Kier molecular flexibility index (Phi) is 4.15. The van der Waals surface area contributed by atoms with E-state index in [1.54, 1.807) is 0 Å². The molecule has 0 amide bonds. The van der Waals surface area contributed by atoms with Gasteiger partial charge in [0.05, 0.1) is 0 Å². The SMILES string of the molecule is CC(C)c1ccccc1C(C)CCN. The largest absolute Gasteiger partial charge is 0.330 e. The number of benzene rings is 1. The van der Waals surface area contributed by atoms with Crippen LogP contribution < -0.4 is 5.73 Å². The first-order chi connectivity index (χ1) is 6.66. The zero-order valence-electron chi connectivity index (χ0n) is 9.46. The van der Waals surface area contributed by atoms with Crippen molar-refractivity contribution in [1.29, 1.82) is 0 Å². The van der Waals surface area contributed by atoms with E-state index in [0.717, 1.165) is 13.0 Å². The highest BCUT2D eigenvalue weighted by Crippen LogP contribution is 2.27. The van der Waals surface area contributed by atoms with Gasteiger partial charge in [-0.1, -0.05) is 45.0 Å². The topological polar surface area (TPSA) is 26.0 Å². The molecule has 1 heteroatoms. The van der Waals surface area contributed by atoms with Crippen molar-refractivity contribution < 1.29 is 0 Å². The minimum atomic E-state index is 0.582. The molecule has 1 atom stereocenters. The van der Waals surface area contributed by atoms with Crippen LogP contribution in [-0.2, 0) is 0 Å². The Balaban J connectivity index is 2.94. The lowest BCUT2D eigenvalue weighted by atomic mass is 9.88. The van der Waals surface area contributed by atoms with Crippen LogP contribution in [0.3, 0.4) is 0 Å². The zero-order chi connectivity index (χ0) is 10.6. The zero-order valence-corrected chi connectivity index (χ0v) is 9.46. The maximum absolute atomic E-state index is 5.59. The molecule has 0 heterocycles. The lowest BCUT2D eigenvalue weighted by Gasteiger charge is -2.17. The van der Waals surface area contributed by atoms with Crippen molar-refractivity contribution in [2.75, 3.05) is 6.54 Å². The van der Waals surface area contributed by atoms with Gasteiger partial charge in [0.25, 0.3) is 0 Å². The van der Waals surface area contributed by atoms with Crippen LogP contribution in [0.5, 0.6) is 0 Å². The Morgan fingerprint density at radius 1 is 1.07 bits per heavy atom. The van der Waals surface area contributed by atoms with Crippen molar-refractivity contribution in [3.05, 3.63) is 35.4 Å². The van der Waals surface area contributed by atoms with Gasteiger partial charge in [0.2, 0.25) is 0 Å². The van der Waals surface area contributed by atoms with Crippen molar-refractivity contribution in [1.82, 2.24) is 0 Å². The summed E-state index contributed by atoms with van der Waals surface area (Å²) >= 11 is 0. The Morgan fingerprint density at radius 3 is 2.14 bits per heavy atom. The fourth-order valence-corrected chi connectivity index (χ4v) is 1.89. The van der Waals surface area contributed by atoms with Gasteiger partial charge < -0.3 is 5.73 Å². The Morgan fingerprint density at radius 2 is 1.64 bits per heavy atom. The van der Waals surface area contributed by atoms with Crippen LogP contribution in [0.15, 0.2) is 24.3 Å². The molecule has 0 fully saturated rings. The average Bonchev–Trinajstić information content (AvgIpc) is 2.18. The smallest absolute Gasteiger partial charge is 0.00715 e. The van der Waals surface area contributed by atoms with E-state index in [2.05, 4.69) is 45.0 Å². The van der Waals surface area contributed by atoms with Crippen molar-refractivity contribution in [2.45, 2.75) is 39.0 Å². The van der Waals surface area contributed by atoms with Gasteiger partial charge in [0.1, 0.15) is 0 Å². The van der Waals surface area contributed by atoms with Crippen LogP contribution in [0, 0.1) is 0 Å². The van der Waals surface area contributed by atoms with Crippen LogP contribution in [0.25, 0.3) is 0 Å². The second kappa shape index (κ2) is 5.16. The van der Waals surface area contributed by atoms with E-state index in [1.807, 2.05) is 0 Å². The van der Waals surface area contributed by atoms with Gasteiger partial charge in [0.15, 0.2) is 0 Å². The van der Waals surface area contributed by atoms with Gasteiger partial charge in [-0.15, -0.1) is 0 Å². The van der Waals surface area contributed by atoms with E-state index in [0.29, 0.717) is 11.8 Å². The summed E-state index contributed by atoms with van der Waals surface area (Å²) < 4.78 is 0. The van der Waals surface area contributed by atoms with Gasteiger partial charge in [-0.25, -0.2) is 0 Å². The first-order valence-electron chi connectivity index (χ1n) is 5.45. The highest BCUT2D eigenvalue weighted by atomic mass is 14.5. The van der Waals surface area contributed by atoms with Gasteiger partial charge in [-0.3, -0.25) is 0 Å². The van der Waals surface area contributed by atoms with Gasteiger partial charge in [0, 0.05) is 0 Å². The molecule has 1 unspecified atom stereocenters. The van der Waals surface area contributed by atoms with E-state index in [9.17, 15) is 0 Å². The lowest BCUT2D eigenvalue weighted by Crippen LogP contribution is -2.07. The Bertz CT molecular complexity index is 278. The second-order valence-corrected chi connectivity index (χ2v) is 4.26. The molecular weight excluding hydrogens is 170 g/mol. The highest BCUT2D eigenvalue weighted by molar-refractivity contribution is 5.32. The van der Waals surface area contributed by atoms with Gasteiger partial charge in [-0.05, 0) is 35.9 Å². The summed E-state index contributed by atoms with van der Waals surface area (Å²) in [5.74, 6) is 1.19. The van der Waals surface area contributed by atoms with Crippen LogP contribution >= 0.6 is 0 Å². The molecule has 0 radical (unpaired) electrons. The molecule has 0 saturated heterocycles. The molecule has 1 nitrogen and oxygen atoms in total. The fourth-order valence-electron chi connectivity index (χ4n) is 1.89. The molecule has 0 aromatic heterocycles. The average molecular weight is 191 g/mol. The number of hydrogen-bond donors (Lipinski definition) is 1. The standard InChI is InChI=1S/C13H21N/c1-10(2)12-6-4-5-7-13(12)11(3)8-9-14/h4-7,10-11H,8-9,14H2,1-3H3. The van der Waals surface area contributed by atoms with Crippen LogP contribution in [0.4, 0.5) is 0 Å². The van der Waals surface area contributed by atoms with E-state index < -0.39 is 0 Å². The predicted molar refractivity (Wildman–Crippen MR) is 62.6 cm³/mol. The summed E-state index contributed by atoms with van der Waals surface area (Å²) in [4.78, 5) is 0. The van der Waals surface area contributed by atoms with Crippen LogP contribution in [0.1, 0.15) is 50.2 Å². The quantitative estimate of drug-likeness (QED) is 0.776. The van der Waals surface area contributed by atoms with E-state index >= 15 is 0 Å². The number of nitrogens with two attached hydrogens (primary N) is 1. The molecule has 0 saturated carbocycles. The van der Waals surface area contributed by atoms with E-state index in [4.69, 9.17) is 5.73 Å². The van der Waals surface area contributed by atoms with Gasteiger partial charge >= 0.3 is 0 Å². The summed E-state index contributed by atoms with van der Waals surface area (Å²) in [6.45, 7) is 7.52. The predicted octanol–water partition coefficient (Wildman–Crippen LogP) is 3.26. The molecule has 78 valence electrons. The Hall–Kier alpha value is -0.820. The second-order valence-electron chi connectivity index (χ2n) is 4.26. The number of rotatable bonds is 4. The van der Waals surface area contributed by atoms with E-state index in [1.165, 1.54) is 11.1 Å². The third kappa shape index (κ3) is 2.58.